The Kier molecular flexibility index (Phi) is 4.89. The number of benzene rings is 1. The Morgan fingerprint density at radius 1 is 1.17 bits per heavy atom. The molecule has 0 aliphatic carbocycles. The zero-order chi connectivity index (χ0) is 17.2. The molecule has 4 nitrogen and oxygen atoms in total. The monoisotopic (exact) mass is 343 g/mol. The molecule has 2 aromatic rings. The van der Waals surface area contributed by atoms with Crippen LogP contribution in [0.4, 0.5) is 13.2 Å². The standard InChI is InChI=1S/C15H13ClF3N3O/c1-9-7-21-12(8-20-9)14(23)22(2)13(15(17,18)19)10-3-5-11(16)6-4-10/h3-8,13H,1-2H3. The molecule has 0 aliphatic rings. The Bertz CT molecular complexity index is 687. The number of nitrogens with zero attached hydrogens (tertiary/aromatic N) is 3. The van der Waals surface area contributed by atoms with E-state index in [1.807, 2.05) is 0 Å². The lowest BCUT2D eigenvalue weighted by atomic mass is 10.0. The maximum Gasteiger partial charge on any atom is 0.413 e. The summed E-state index contributed by atoms with van der Waals surface area (Å²) >= 11 is 5.70. The lowest BCUT2D eigenvalue weighted by Crippen LogP contribution is -2.40. The molecule has 8 heteroatoms. The number of rotatable bonds is 3. The highest BCUT2D eigenvalue weighted by Gasteiger charge is 2.45. The van der Waals surface area contributed by atoms with Crippen molar-refractivity contribution in [2.75, 3.05) is 7.05 Å². The smallest absolute Gasteiger partial charge is 0.324 e. The molecule has 0 spiro atoms. The Morgan fingerprint density at radius 3 is 2.26 bits per heavy atom. The summed E-state index contributed by atoms with van der Waals surface area (Å²) < 4.78 is 40.3. The molecule has 0 bridgehead atoms. The first-order valence-corrected chi connectivity index (χ1v) is 6.96. The first-order chi connectivity index (χ1) is 10.7. The second kappa shape index (κ2) is 6.54. The minimum Gasteiger partial charge on any atom is -0.324 e. The highest BCUT2D eigenvalue weighted by molar-refractivity contribution is 6.30. The van der Waals surface area contributed by atoms with E-state index >= 15 is 0 Å². The second-order valence-electron chi connectivity index (χ2n) is 4.95. The van der Waals surface area contributed by atoms with E-state index in [9.17, 15) is 18.0 Å². The van der Waals surface area contributed by atoms with E-state index in [1.165, 1.54) is 30.5 Å². The first kappa shape index (κ1) is 17.2. The fourth-order valence-electron chi connectivity index (χ4n) is 2.08. The number of aromatic nitrogens is 2. The van der Waals surface area contributed by atoms with Crippen molar-refractivity contribution in [3.63, 3.8) is 0 Å². The van der Waals surface area contributed by atoms with E-state index in [0.29, 0.717) is 15.6 Å². The minimum atomic E-state index is -4.64. The lowest BCUT2D eigenvalue weighted by Gasteiger charge is -2.30. The van der Waals surface area contributed by atoms with E-state index < -0.39 is 18.1 Å². The highest BCUT2D eigenvalue weighted by Crippen LogP contribution is 2.37. The van der Waals surface area contributed by atoms with Crippen molar-refractivity contribution in [2.45, 2.75) is 19.1 Å². The number of hydrogen-bond acceptors (Lipinski definition) is 3. The molecular weight excluding hydrogens is 331 g/mol. The zero-order valence-electron chi connectivity index (χ0n) is 12.3. The molecule has 0 saturated carbocycles. The number of hydrogen-bond donors (Lipinski definition) is 0. The van der Waals surface area contributed by atoms with E-state index in [0.717, 1.165) is 13.2 Å². The zero-order valence-corrected chi connectivity index (χ0v) is 13.1. The molecule has 1 atom stereocenters. The number of alkyl halides is 3. The molecule has 0 radical (unpaired) electrons. The normalized spacial score (nSPS) is 12.8. The van der Waals surface area contributed by atoms with Crippen LogP contribution in [-0.2, 0) is 0 Å². The van der Waals surface area contributed by atoms with Gasteiger partial charge in [0.2, 0.25) is 0 Å². The van der Waals surface area contributed by atoms with Gasteiger partial charge in [-0.2, -0.15) is 13.2 Å². The molecule has 0 saturated heterocycles. The predicted molar refractivity (Wildman–Crippen MR) is 79.1 cm³/mol. The van der Waals surface area contributed by atoms with Gasteiger partial charge >= 0.3 is 6.18 Å². The number of amides is 1. The van der Waals surface area contributed by atoms with E-state index in [-0.39, 0.29) is 11.3 Å². The van der Waals surface area contributed by atoms with Crippen LogP contribution in [0, 0.1) is 6.92 Å². The summed E-state index contributed by atoms with van der Waals surface area (Å²) in [4.78, 5) is 20.6. The summed E-state index contributed by atoms with van der Waals surface area (Å²) in [5.41, 5.74) is 0.327. The van der Waals surface area contributed by atoms with E-state index in [4.69, 9.17) is 11.6 Å². The Labute approximate surface area is 135 Å². The van der Waals surface area contributed by atoms with Gasteiger partial charge in [-0.25, -0.2) is 4.98 Å². The Morgan fingerprint density at radius 2 is 1.78 bits per heavy atom. The largest absolute Gasteiger partial charge is 0.413 e. The van der Waals surface area contributed by atoms with Gasteiger partial charge < -0.3 is 4.90 Å². The summed E-state index contributed by atoms with van der Waals surface area (Å²) in [5.74, 6) is -0.866. The highest BCUT2D eigenvalue weighted by atomic mass is 35.5. The van der Waals surface area contributed by atoms with Crippen molar-refractivity contribution in [1.29, 1.82) is 0 Å². The molecule has 122 valence electrons. The van der Waals surface area contributed by atoms with Gasteiger partial charge in [0.15, 0.2) is 6.04 Å². The maximum atomic E-state index is 13.4. The number of carbonyl (C=O) groups excluding carboxylic acids is 1. The van der Waals surface area contributed by atoms with Crippen molar-refractivity contribution < 1.29 is 18.0 Å². The van der Waals surface area contributed by atoms with Gasteiger partial charge in [-0.3, -0.25) is 9.78 Å². The number of carbonyl (C=O) groups is 1. The third kappa shape index (κ3) is 3.98. The number of halogens is 4. The summed E-state index contributed by atoms with van der Waals surface area (Å²) in [6, 6.07) is 3.07. The van der Waals surface area contributed by atoms with Crippen LogP contribution in [-0.4, -0.2) is 34.0 Å². The first-order valence-electron chi connectivity index (χ1n) is 6.58. The van der Waals surface area contributed by atoms with Gasteiger partial charge in [0, 0.05) is 18.3 Å². The van der Waals surface area contributed by atoms with Crippen LogP contribution in [0.1, 0.15) is 27.8 Å². The van der Waals surface area contributed by atoms with Crippen LogP contribution in [0.2, 0.25) is 5.02 Å². The summed E-state index contributed by atoms with van der Waals surface area (Å²) in [6.45, 7) is 1.66. The van der Waals surface area contributed by atoms with Crippen LogP contribution in [0.25, 0.3) is 0 Å². The molecule has 1 aromatic heterocycles. The molecule has 1 amide bonds. The lowest BCUT2D eigenvalue weighted by molar-refractivity contribution is -0.176. The van der Waals surface area contributed by atoms with Gasteiger partial charge in [-0.15, -0.1) is 0 Å². The van der Waals surface area contributed by atoms with Gasteiger partial charge in [0.05, 0.1) is 11.9 Å². The molecular formula is C15H13ClF3N3O. The van der Waals surface area contributed by atoms with Gasteiger partial charge in [-0.1, -0.05) is 23.7 Å². The van der Waals surface area contributed by atoms with Crippen LogP contribution in [0.3, 0.4) is 0 Å². The summed E-state index contributed by atoms with van der Waals surface area (Å²) in [7, 11) is 1.08. The van der Waals surface area contributed by atoms with Crippen molar-refractivity contribution in [1.82, 2.24) is 14.9 Å². The minimum absolute atomic E-state index is 0.0854. The fourth-order valence-corrected chi connectivity index (χ4v) is 2.20. The molecule has 0 fully saturated rings. The SMILES string of the molecule is Cc1cnc(C(=O)N(C)C(c2ccc(Cl)cc2)C(F)(F)F)cn1. The topological polar surface area (TPSA) is 46.1 Å². The second-order valence-corrected chi connectivity index (χ2v) is 5.39. The molecule has 1 aromatic carbocycles. The molecule has 23 heavy (non-hydrogen) atoms. The summed E-state index contributed by atoms with van der Waals surface area (Å²) in [6.07, 6.45) is -2.16. The molecule has 1 heterocycles. The Balaban J connectivity index is 2.37. The van der Waals surface area contributed by atoms with E-state index in [2.05, 4.69) is 9.97 Å². The van der Waals surface area contributed by atoms with Crippen LogP contribution < -0.4 is 0 Å². The van der Waals surface area contributed by atoms with Crippen molar-refractivity contribution >= 4 is 17.5 Å². The van der Waals surface area contributed by atoms with E-state index in [1.54, 1.807) is 6.92 Å². The average Bonchev–Trinajstić information content (AvgIpc) is 2.48. The average molecular weight is 344 g/mol. The predicted octanol–water partition coefficient (Wildman–Crippen LogP) is 3.81. The van der Waals surface area contributed by atoms with Crippen molar-refractivity contribution in [2.24, 2.45) is 0 Å². The van der Waals surface area contributed by atoms with Crippen LogP contribution in [0.15, 0.2) is 36.7 Å². The van der Waals surface area contributed by atoms with Gasteiger partial charge in [0.1, 0.15) is 5.69 Å². The van der Waals surface area contributed by atoms with Gasteiger partial charge in [-0.05, 0) is 24.6 Å². The van der Waals surface area contributed by atoms with Crippen molar-refractivity contribution in [3.05, 3.63) is 58.6 Å². The maximum absolute atomic E-state index is 13.4. The third-order valence-electron chi connectivity index (χ3n) is 3.20. The quantitative estimate of drug-likeness (QED) is 0.851. The summed E-state index contributed by atoms with van der Waals surface area (Å²) in [5, 5.41) is 0.313. The molecule has 2 rings (SSSR count). The molecule has 0 N–H and O–H groups in total. The number of aryl methyl sites for hydroxylation is 1. The van der Waals surface area contributed by atoms with Crippen LogP contribution in [0.5, 0.6) is 0 Å². The van der Waals surface area contributed by atoms with Crippen LogP contribution >= 0.6 is 11.6 Å². The van der Waals surface area contributed by atoms with Gasteiger partial charge in [0.25, 0.3) is 5.91 Å². The fraction of sp³-hybridized carbons (Fsp3) is 0.267. The molecule has 0 aliphatic heterocycles. The van der Waals surface area contributed by atoms with Crippen molar-refractivity contribution in [3.8, 4) is 0 Å². The Hall–Kier alpha value is -2.15. The molecule has 1 unspecified atom stereocenters. The third-order valence-corrected chi connectivity index (χ3v) is 3.46.